The molecule has 0 saturated carbocycles. The largest absolute Gasteiger partial charge is 0.383 e. The maximum atomic E-state index is 11.4. The second kappa shape index (κ2) is 6.80. The van der Waals surface area contributed by atoms with E-state index in [0.717, 1.165) is 0 Å². The number of nitrogens with zero attached hydrogens (tertiary/aromatic N) is 2. The number of amides is 1. The van der Waals surface area contributed by atoms with Crippen LogP contribution in [0.4, 0.5) is 11.6 Å². The molecule has 2 N–H and O–H groups in total. The van der Waals surface area contributed by atoms with E-state index >= 15 is 0 Å². The molecule has 17 heavy (non-hydrogen) atoms. The van der Waals surface area contributed by atoms with E-state index in [4.69, 9.17) is 4.74 Å². The third kappa shape index (κ3) is 4.78. The molecule has 0 aliphatic rings. The van der Waals surface area contributed by atoms with Gasteiger partial charge in [0.15, 0.2) is 5.82 Å². The zero-order valence-electron chi connectivity index (χ0n) is 10.4. The van der Waals surface area contributed by atoms with E-state index in [1.54, 1.807) is 19.2 Å². The number of hydrogen-bond acceptors (Lipinski definition) is 5. The Morgan fingerprint density at radius 3 is 2.53 bits per heavy atom. The monoisotopic (exact) mass is 238 g/mol. The summed E-state index contributed by atoms with van der Waals surface area (Å²) in [6.07, 6.45) is 0. The summed E-state index contributed by atoms with van der Waals surface area (Å²) in [4.78, 5) is 11.4. The molecule has 0 saturated heterocycles. The molecule has 6 nitrogen and oxygen atoms in total. The molecule has 0 fully saturated rings. The Morgan fingerprint density at radius 1 is 1.35 bits per heavy atom. The second-order valence-electron chi connectivity index (χ2n) is 3.87. The molecule has 0 unspecified atom stereocenters. The van der Waals surface area contributed by atoms with Gasteiger partial charge in [-0.25, -0.2) is 0 Å². The van der Waals surface area contributed by atoms with Gasteiger partial charge in [0.05, 0.1) is 6.61 Å². The van der Waals surface area contributed by atoms with E-state index in [-0.39, 0.29) is 11.8 Å². The number of carbonyl (C=O) groups excluding carboxylic acids is 1. The summed E-state index contributed by atoms with van der Waals surface area (Å²) in [5.41, 5.74) is 0. The quantitative estimate of drug-likeness (QED) is 0.726. The smallest absolute Gasteiger partial charge is 0.228 e. The third-order valence-corrected chi connectivity index (χ3v) is 2.05. The van der Waals surface area contributed by atoms with Crippen LogP contribution >= 0.6 is 0 Å². The van der Waals surface area contributed by atoms with Crippen molar-refractivity contribution in [2.45, 2.75) is 13.8 Å². The number of aromatic nitrogens is 2. The van der Waals surface area contributed by atoms with Gasteiger partial charge in [-0.2, -0.15) is 0 Å². The summed E-state index contributed by atoms with van der Waals surface area (Å²) in [6, 6.07) is 3.47. The molecule has 0 aromatic carbocycles. The highest BCUT2D eigenvalue weighted by Crippen LogP contribution is 2.07. The summed E-state index contributed by atoms with van der Waals surface area (Å²) in [5.74, 6) is 0.973. The van der Waals surface area contributed by atoms with Gasteiger partial charge in [-0.3, -0.25) is 4.79 Å². The maximum absolute atomic E-state index is 11.4. The Labute approximate surface area is 101 Å². The van der Waals surface area contributed by atoms with E-state index in [2.05, 4.69) is 20.8 Å². The summed E-state index contributed by atoms with van der Waals surface area (Å²) in [6.45, 7) is 4.92. The first-order valence-electron chi connectivity index (χ1n) is 5.51. The molecule has 1 aromatic rings. The molecule has 1 rings (SSSR count). The fourth-order valence-corrected chi connectivity index (χ4v) is 1.04. The second-order valence-corrected chi connectivity index (χ2v) is 3.87. The van der Waals surface area contributed by atoms with Crippen LogP contribution < -0.4 is 10.6 Å². The van der Waals surface area contributed by atoms with Crippen LogP contribution in [0.3, 0.4) is 0 Å². The predicted octanol–water partition coefficient (Wildman–Crippen LogP) is 1.13. The molecule has 6 heteroatoms. The summed E-state index contributed by atoms with van der Waals surface area (Å²) < 4.78 is 4.90. The zero-order chi connectivity index (χ0) is 12.7. The van der Waals surface area contributed by atoms with Crippen LogP contribution in [0.2, 0.25) is 0 Å². The molecule has 1 amide bonds. The first-order chi connectivity index (χ1) is 8.13. The molecule has 0 aliphatic carbocycles. The van der Waals surface area contributed by atoms with Crippen LogP contribution in [0.15, 0.2) is 12.1 Å². The van der Waals surface area contributed by atoms with E-state index in [1.165, 1.54) is 0 Å². The van der Waals surface area contributed by atoms with Gasteiger partial charge in [0.2, 0.25) is 5.91 Å². The van der Waals surface area contributed by atoms with Crippen LogP contribution in [0.25, 0.3) is 0 Å². The fourth-order valence-electron chi connectivity index (χ4n) is 1.04. The van der Waals surface area contributed by atoms with Crippen LogP contribution in [0.5, 0.6) is 0 Å². The number of methoxy groups -OCH3 is 1. The van der Waals surface area contributed by atoms with Crippen LogP contribution in [-0.2, 0) is 9.53 Å². The molecular weight excluding hydrogens is 220 g/mol. The van der Waals surface area contributed by atoms with E-state index in [1.807, 2.05) is 13.8 Å². The lowest BCUT2D eigenvalue weighted by atomic mass is 10.2. The molecule has 1 heterocycles. The highest BCUT2D eigenvalue weighted by Gasteiger charge is 2.07. The number of hydrogen-bond donors (Lipinski definition) is 2. The van der Waals surface area contributed by atoms with Crippen molar-refractivity contribution in [1.82, 2.24) is 10.2 Å². The normalized spacial score (nSPS) is 10.4. The van der Waals surface area contributed by atoms with Gasteiger partial charge < -0.3 is 15.4 Å². The first-order valence-corrected chi connectivity index (χ1v) is 5.51. The Kier molecular flexibility index (Phi) is 5.35. The van der Waals surface area contributed by atoms with Crippen molar-refractivity contribution in [3.05, 3.63) is 12.1 Å². The maximum Gasteiger partial charge on any atom is 0.228 e. The van der Waals surface area contributed by atoms with Gasteiger partial charge in [0.25, 0.3) is 0 Å². The minimum atomic E-state index is -0.0729. The van der Waals surface area contributed by atoms with Gasteiger partial charge in [0.1, 0.15) is 5.82 Å². The predicted molar refractivity (Wildman–Crippen MR) is 65.9 cm³/mol. The number of rotatable bonds is 6. The van der Waals surface area contributed by atoms with E-state index in [0.29, 0.717) is 24.8 Å². The lowest BCUT2D eigenvalue weighted by Crippen LogP contribution is -2.19. The average Bonchev–Trinajstić information content (AvgIpc) is 2.31. The van der Waals surface area contributed by atoms with E-state index in [9.17, 15) is 4.79 Å². The van der Waals surface area contributed by atoms with Crippen LogP contribution in [-0.4, -0.2) is 36.4 Å². The van der Waals surface area contributed by atoms with Gasteiger partial charge in [-0.05, 0) is 12.1 Å². The first kappa shape index (κ1) is 13.4. The summed E-state index contributed by atoms with van der Waals surface area (Å²) in [5, 5.41) is 13.5. The summed E-state index contributed by atoms with van der Waals surface area (Å²) >= 11 is 0. The molecule has 94 valence electrons. The molecular formula is C11H18N4O2. The topological polar surface area (TPSA) is 76.1 Å². The number of carbonyl (C=O) groups is 1. The van der Waals surface area contributed by atoms with Gasteiger partial charge in [-0.1, -0.05) is 13.8 Å². The highest BCUT2D eigenvalue weighted by atomic mass is 16.5. The summed E-state index contributed by atoms with van der Waals surface area (Å²) in [7, 11) is 1.64. The van der Waals surface area contributed by atoms with Gasteiger partial charge >= 0.3 is 0 Å². The molecule has 0 spiro atoms. The molecule has 0 radical (unpaired) electrons. The Balaban J connectivity index is 2.47. The Bertz CT molecular complexity index is 351. The third-order valence-electron chi connectivity index (χ3n) is 2.05. The van der Waals surface area contributed by atoms with Crippen molar-refractivity contribution >= 4 is 17.5 Å². The van der Waals surface area contributed by atoms with E-state index < -0.39 is 0 Å². The molecule has 1 aromatic heterocycles. The van der Waals surface area contributed by atoms with Crippen molar-refractivity contribution in [1.29, 1.82) is 0 Å². The highest BCUT2D eigenvalue weighted by molar-refractivity contribution is 5.91. The SMILES string of the molecule is COCCNc1ccc(NC(=O)C(C)C)nn1. The van der Waals surface area contributed by atoms with Crippen molar-refractivity contribution < 1.29 is 9.53 Å². The van der Waals surface area contributed by atoms with Gasteiger partial charge in [-0.15, -0.1) is 10.2 Å². The van der Waals surface area contributed by atoms with Crippen molar-refractivity contribution in [2.24, 2.45) is 5.92 Å². The van der Waals surface area contributed by atoms with Crippen LogP contribution in [0, 0.1) is 5.92 Å². The average molecular weight is 238 g/mol. The molecule has 0 atom stereocenters. The molecule has 0 bridgehead atoms. The van der Waals surface area contributed by atoms with Crippen molar-refractivity contribution in [2.75, 3.05) is 30.9 Å². The standard InChI is InChI=1S/C11H18N4O2/c1-8(2)11(16)13-10-5-4-9(14-15-10)12-6-7-17-3/h4-5,8H,6-7H2,1-3H3,(H,12,14)(H,13,15,16). The number of nitrogens with one attached hydrogen (secondary N) is 2. The lowest BCUT2D eigenvalue weighted by molar-refractivity contribution is -0.118. The minimum Gasteiger partial charge on any atom is -0.383 e. The minimum absolute atomic E-state index is 0.0700. The Morgan fingerprint density at radius 2 is 2.00 bits per heavy atom. The van der Waals surface area contributed by atoms with Crippen molar-refractivity contribution in [3.8, 4) is 0 Å². The number of ether oxygens (including phenoxy) is 1. The Hall–Kier alpha value is -1.69. The molecule has 0 aliphatic heterocycles. The van der Waals surface area contributed by atoms with Gasteiger partial charge in [0, 0.05) is 19.6 Å². The number of anilines is 2. The lowest BCUT2D eigenvalue weighted by Gasteiger charge is -2.07. The van der Waals surface area contributed by atoms with Crippen molar-refractivity contribution in [3.63, 3.8) is 0 Å². The van der Waals surface area contributed by atoms with Crippen LogP contribution in [0.1, 0.15) is 13.8 Å². The zero-order valence-corrected chi connectivity index (χ0v) is 10.4. The fraction of sp³-hybridized carbons (Fsp3) is 0.545.